The standard InChI is InChI=1S/C11H21N3/c1-13-6-8-14(9-7-13)11-4-2-10(12)3-5-11/h2,11H,3-9,12H2,1H3. The third-order valence-corrected chi connectivity index (χ3v) is 3.47. The lowest BCUT2D eigenvalue weighted by Gasteiger charge is -2.39. The maximum Gasteiger partial charge on any atom is 0.0135 e. The van der Waals surface area contributed by atoms with Gasteiger partial charge in [-0.25, -0.2) is 0 Å². The molecular formula is C11H21N3. The third-order valence-electron chi connectivity index (χ3n) is 3.47. The molecule has 1 unspecified atom stereocenters. The van der Waals surface area contributed by atoms with Crippen molar-refractivity contribution >= 4 is 0 Å². The fourth-order valence-electron chi connectivity index (χ4n) is 2.36. The summed E-state index contributed by atoms with van der Waals surface area (Å²) < 4.78 is 0. The van der Waals surface area contributed by atoms with Gasteiger partial charge in [-0.05, 0) is 26.3 Å². The van der Waals surface area contributed by atoms with Crippen molar-refractivity contribution in [2.75, 3.05) is 33.2 Å². The highest BCUT2D eigenvalue weighted by molar-refractivity contribution is 5.04. The Bertz CT molecular complexity index is 217. The third kappa shape index (κ3) is 2.28. The van der Waals surface area contributed by atoms with Gasteiger partial charge in [0.25, 0.3) is 0 Å². The number of likely N-dealkylation sites (N-methyl/N-ethyl adjacent to an activating group) is 1. The topological polar surface area (TPSA) is 32.5 Å². The van der Waals surface area contributed by atoms with E-state index in [0.29, 0.717) is 0 Å². The van der Waals surface area contributed by atoms with Crippen molar-refractivity contribution in [2.45, 2.75) is 25.3 Å². The first-order chi connectivity index (χ1) is 6.75. The zero-order valence-corrected chi connectivity index (χ0v) is 9.08. The lowest BCUT2D eigenvalue weighted by Crippen LogP contribution is -2.49. The Kier molecular flexibility index (Phi) is 3.08. The second kappa shape index (κ2) is 4.32. The molecule has 0 saturated carbocycles. The van der Waals surface area contributed by atoms with E-state index in [2.05, 4.69) is 22.9 Å². The average Bonchev–Trinajstić information content (AvgIpc) is 2.21. The maximum atomic E-state index is 5.78. The van der Waals surface area contributed by atoms with Crippen molar-refractivity contribution in [2.24, 2.45) is 5.73 Å². The van der Waals surface area contributed by atoms with Crippen molar-refractivity contribution in [3.63, 3.8) is 0 Å². The highest BCUT2D eigenvalue weighted by Gasteiger charge is 2.23. The van der Waals surface area contributed by atoms with Gasteiger partial charge in [0.1, 0.15) is 0 Å². The van der Waals surface area contributed by atoms with Crippen molar-refractivity contribution in [3.05, 3.63) is 11.8 Å². The second-order valence-electron chi connectivity index (χ2n) is 4.55. The summed E-state index contributed by atoms with van der Waals surface area (Å²) in [5.41, 5.74) is 6.88. The summed E-state index contributed by atoms with van der Waals surface area (Å²) in [6.45, 7) is 4.90. The molecule has 3 nitrogen and oxygen atoms in total. The van der Waals surface area contributed by atoms with E-state index in [1.54, 1.807) is 0 Å². The van der Waals surface area contributed by atoms with E-state index in [1.165, 1.54) is 32.6 Å². The van der Waals surface area contributed by atoms with Gasteiger partial charge >= 0.3 is 0 Å². The summed E-state index contributed by atoms with van der Waals surface area (Å²) in [5.74, 6) is 0. The minimum absolute atomic E-state index is 0.760. The molecule has 0 spiro atoms. The number of rotatable bonds is 1. The Morgan fingerprint density at radius 3 is 2.57 bits per heavy atom. The number of hydrogen-bond acceptors (Lipinski definition) is 3. The van der Waals surface area contributed by atoms with Crippen LogP contribution >= 0.6 is 0 Å². The summed E-state index contributed by atoms with van der Waals surface area (Å²) in [4.78, 5) is 5.03. The quantitative estimate of drug-likeness (QED) is 0.666. The molecule has 0 aromatic heterocycles. The average molecular weight is 195 g/mol. The summed E-state index contributed by atoms with van der Waals surface area (Å²) in [6, 6.07) is 0.760. The van der Waals surface area contributed by atoms with E-state index >= 15 is 0 Å². The van der Waals surface area contributed by atoms with Crippen LogP contribution < -0.4 is 5.73 Å². The molecular weight excluding hydrogens is 174 g/mol. The lowest BCUT2D eigenvalue weighted by molar-refractivity contribution is 0.105. The summed E-state index contributed by atoms with van der Waals surface area (Å²) in [7, 11) is 2.20. The molecule has 1 atom stereocenters. The number of nitrogens with two attached hydrogens (primary N) is 1. The van der Waals surface area contributed by atoms with Crippen LogP contribution in [0.25, 0.3) is 0 Å². The lowest BCUT2D eigenvalue weighted by atomic mass is 9.97. The normalized spacial score (nSPS) is 31.5. The zero-order chi connectivity index (χ0) is 9.97. The molecule has 14 heavy (non-hydrogen) atoms. The van der Waals surface area contributed by atoms with Crippen LogP contribution in [0.2, 0.25) is 0 Å². The molecule has 0 aromatic carbocycles. The largest absolute Gasteiger partial charge is 0.402 e. The number of nitrogens with zero attached hydrogens (tertiary/aromatic N) is 2. The molecule has 0 amide bonds. The molecule has 1 fully saturated rings. The van der Waals surface area contributed by atoms with Crippen LogP contribution in [0.15, 0.2) is 11.8 Å². The van der Waals surface area contributed by atoms with Gasteiger partial charge < -0.3 is 10.6 Å². The van der Waals surface area contributed by atoms with Gasteiger partial charge in [-0.2, -0.15) is 0 Å². The van der Waals surface area contributed by atoms with Crippen LogP contribution in [0, 0.1) is 0 Å². The minimum atomic E-state index is 0.760. The van der Waals surface area contributed by atoms with Crippen molar-refractivity contribution in [3.8, 4) is 0 Å². The highest BCUT2D eigenvalue weighted by Crippen LogP contribution is 2.20. The summed E-state index contributed by atoms with van der Waals surface area (Å²) >= 11 is 0. The Labute approximate surface area is 86.5 Å². The predicted molar refractivity (Wildman–Crippen MR) is 59.0 cm³/mol. The monoisotopic (exact) mass is 195 g/mol. The number of hydrogen-bond donors (Lipinski definition) is 1. The summed E-state index contributed by atoms with van der Waals surface area (Å²) in [6.07, 6.45) is 5.73. The van der Waals surface area contributed by atoms with Crippen molar-refractivity contribution in [1.29, 1.82) is 0 Å². The Hall–Kier alpha value is -0.540. The van der Waals surface area contributed by atoms with Crippen LogP contribution in [0.1, 0.15) is 19.3 Å². The van der Waals surface area contributed by atoms with E-state index in [0.717, 1.165) is 24.6 Å². The Morgan fingerprint density at radius 2 is 2.00 bits per heavy atom. The van der Waals surface area contributed by atoms with Gasteiger partial charge in [0.05, 0.1) is 0 Å². The van der Waals surface area contributed by atoms with Gasteiger partial charge in [0.2, 0.25) is 0 Å². The molecule has 0 bridgehead atoms. The maximum absolute atomic E-state index is 5.78. The van der Waals surface area contributed by atoms with Crippen LogP contribution in [0.5, 0.6) is 0 Å². The molecule has 0 radical (unpaired) electrons. The first-order valence-corrected chi connectivity index (χ1v) is 5.63. The molecule has 80 valence electrons. The van der Waals surface area contributed by atoms with Gasteiger partial charge in [-0.3, -0.25) is 4.90 Å². The molecule has 1 aliphatic heterocycles. The smallest absolute Gasteiger partial charge is 0.0135 e. The van der Waals surface area contributed by atoms with E-state index in [9.17, 15) is 0 Å². The fourth-order valence-corrected chi connectivity index (χ4v) is 2.36. The van der Waals surface area contributed by atoms with Crippen LogP contribution in [-0.4, -0.2) is 49.1 Å². The molecule has 3 heteroatoms. The first-order valence-electron chi connectivity index (χ1n) is 5.63. The molecule has 1 aliphatic carbocycles. The Balaban J connectivity index is 1.84. The van der Waals surface area contributed by atoms with Gasteiger partial charge in [0.15, 0.2) is 0 Å². The van der Waals surface area contributed by atoms with E-state index in [4.69, 9.17) is 5.73 Å². The molecule has 1 saturated heterocycles. The van der Waals surface area contributed by atoms with Crippen LogP contribution in [0.4, 0.5) is 0 Å². The van der Waals surface area contributed by atoms with Crippen molar-refractivity contribution < 1.29 is 0 Å². The molecule has 2 aliphatic rings. The number of allylic oxidation sites excluding steroid dienone is 1. The summed E-state index contributed by atoms with van der Waals surface area (Å²) in [5, 5.41) is 0. The molecule has 1 heterocycles. The predicted octanol–water partition coefficient (Wildman–Crippen LogP) is 0.629. The Morgan fingerprint density at radius 1 is 1.29 bits per heavy atom. The van der Waals surface area contributed by atoms with E-state index in [-0.39, 0.29) is 0 Å². The minimum Gasteiger partial charge on any atom is -0.402 e. The van der Waals surface area contributed by atoms with Crippen LogP contribution in [-0.2, 0) is 0 Å². The van der Waals surface area contributed by atoms with Gasteiger partial charge in [0, 0.05) is 37.9 Å². The van der Waals surface area contributed by atoms with Gasteiger partial charge in [-0.15, -0.1) is 0 Å². The highest BCUT2D eigenvalue weighted by atomic mass is 15.3. The number of piperazine rings is 1. The molecule has 2 N–H and O–H groups in total. The van der Waals surface area contributed by atoms with E-state index in [1.807, 2.05) is 0 Å². The molecule has 2 rings (SSSR count). The second-order valence-corrected chi connectivity index (χ2v) is 4.55. The fraction of sp³-hybridized carbons (Fsp3) is 0.818. The van der Waals surface area contributed by atoms with Crippen LogP contribution in [0.3, 0.4) is 0 Å². The van der Waals surface area contributed by atoms with Crippen molar-refractivity contribution in [1.82, 2.24) is 9.80 Å². The SMILES string of the molecule is CN1CCN(C2CC=C(N)CC2)CC1. The van der Waals surface area contributed by atoms with Gasteiger partial charge in [-0.1, -0.05) is 6.08 Å². The first kappa shape index (κ1) is 9.99. The molecule has 0 aromatic rings. The van der Waals surface area contributed by atoms with E-state index < -0.39 is 0 Å². The zero-order valence-electron chi connectivity index (χ0n) is 9.08.